The minimum absolute atomic E-state index is 0.106. The van der Waals surface area contributed by atoms with Crippen molar-refractivity contribution in [2.24, 2.45) is 5.14 Å². The Morgan fingerprint density at radius 1 is 1.07 bits per heavy atom. The van der Waals surface area contributed by atoms with Crippen molar-refractivity contribution in [3.63, 3.8) is 0 Å². The Kier molecular flexibility index (Phi) is 5.38. The van der Waals surface area contributed by atoms with Crippen LogP contribution in [0.25, 0.3) is 0 Å². The normalized spacial score (nSPS) is 14.9. The highest BCUT2D eigenvalue weighted by Crippen LogP contribution is 2.25. The summed E-state index contributed by atoms with van der Waals surface area (Å²) in [6, 6.07) is 12.3. The molecule has 2 aromatic rings. The minimum atomic E-state index is -3.90. The third-order valence-corrected chi connectivity index (χ3v) is 5.57. The molecule has 2 N–H and O–H groups in total. The van der Waals surface area contributed by atoms with E-state index in [1.807, 2.05) is 19.1 Å². The van der Waals surface area contributed by atoms with Gasteiger partial charge in [0.2, 0.25) is 10.0 Å². The molecule has 2 aromatic carbocycles. The molecule has 1 amide bonds. The van der Waals surface area contributed by atoms with Gasteiger partial charge in [-0.3, -0.25) is 4.79 Å². The van der Waals surface area contributed by atoms with Crippen LogP contribution in [0.15, 0.2) is 47.4 Å². The lowest BCUT2D eigenvalue weighted by atomic mass is 10.1. The molecule has 1 aliphatic rings. The molecule has 1 saturated heterocycles. The molecule has 1 aliphatic heterocycles. The van der Waals surface area contributed by atoms with Crippen molar-refractivity contribution in [2.75, 3.05) is 38.2 Å². The van der Waals surface area contributed by atoms with Crippen molar-refractivity contribution in [2.45, 2.75) is 11.8 Å². The molecule has 1 heterocycles. The quantitative estimate of drug-likeness (QED) is 0.858. The van der Waals surface area contributed by atoms with Crippen molar-refractivity contribution in [3.8, 4) is 5.75 Å². The van der Waals surface area contributed by atoms with E-state index in [0.717, 1.165) is 5.69 Å². The number of carbonyl (C=O) groups excluding carboxylic acids is 1. The first-order valence-electron chi connectivity index (χ1n) is 8.61. The molecule has 0 aromatic heterocycles. The van der Waals surface area contributed by atoms with Crippen LogP contribution in [0.1, 0.15) is 15.9 Å². The van der Waals surface area contributed by atoms with Crippen molar-refractivity contribution >= 4 is 21.6 Å². The van der Waals surface area contributed by atoms with Gasteiger partial charge in [-0.05, 0) is 42.8 Å². The van der Waals surface area contributed by atoms with Crippen LogP contribution in [0.4, 0.5) is 5.69 Å². The van der Waals surface area contributed by atoms with Crippen molar-refractivity contribution < 1.29 is 17.9 Å². The van der Waals surface area contributed by atoms with Crippen LogP contribution in [0, 0.1) is 6.92 Å². The van der Waals surface area contributed by atoms with E-state index >= 15 is 0 Å². The Hall–Kier alpha value is -2.58. The Bertz CT molecular complexity index is 951. The molecule has 144 valence electrons. The summed E-state index contributed by atoms with van der Waals surface area (Å²) in [7, 11) is -2.46. The van der Waals surface area contributed by atoms with Gasteiger partial charge in [0.1, 0.15) is 5.75 Å². The van der Waals surface area contributed by atoms with Gasteiger partial charge in [-0.2, -0.15) is 0 Å². The Morgan fingerprint density at radius 2 is 1.78 bits per heavy atom. The first-order chi connectivity index (χ1) is 12.8. The Balaban J connectivity index is 1.78. The molecule has 1 fully saturated rings. The van der Waals surface area contributed by atoms with Gasteiger partial charge in [0.25, 0.3) is 5.91 Å². The summed E-state index contributed by atoms with van der Waals surface area (Å²) in [4.78, 5) is 16.8. The number of hydrogen-bond acceptors (Lipinski definition) is 5. The smallest absolute Gasteiger partial charge is 0.257 e. The van der Waals surface area contributed by atoms with Gasteiger partial charge in [-0.1, -0.05) is 12.1 Å². The number of anilines is 1. The van der Waals surface area contributed by atoms with E-state index in [1.165, 1.54) is 30.9 Å². The number of carbonyl (C=O) groups is 1. The number of primary sulfonamides is 1. The molecule has 0 spiro atoms. The summed E-state index contributed by atoms with van der Waals surface area (Å²) < 4.78 is 28.5. The highest BCUT2D eigenvalue weighted by molar-refractivity contribution is 7.89. The van der Waals surface area contributed by atoms with Crippen LogP contribution in [0.3, 0.4) is 0 Å². The number of methoxy groups -OCH3 is 1. The first kappa shape index (κ1) is 19.2. The summed E-state index contributed by atoms with van der Waals surface area (Å²) in [6.07, 6.45) is 0. The molecule has 8 heteroatoms. The van der Waals surface area contributed by atoms with E-state index < -0.39 is 10.0 Å². The molecule has 27 heavy (non-hydrogen) atoms. The Labute approximate surface area is 159 Å². The van der Waals surface area contributed by atoms with Gasteiger partial charge in [-0.15, -0.1) is 0 Å². The lowest BCUT2D eigenvalue weighted by Gasteiger charge is -2.36. The topological polar surface area (TPSA) is 92.9 Å². The summed E-state index contributed by atoms with van der Waals surface area (Å²) >= 11 is 0. The fraction of sp³-hybridized carbons (Fsp3) is 0.316. The van der Waals surface area contributed by atoms with E-state index in [4.69, 9.17) is 9.88 Å². The number of aryl methyl sites for hydroxylation is 1. The van der Waals surface area contributed by atoms with Gasteiger partial charge in [0.15, 0.2) is 0 Å². The van der Waals surface area contributed by atoms with Gasteiger partial charge in [0.05, 0.1) is 17.6 Å². The largest absolute Gasteiger partial charge is 0.496 e. The fourth-order valence-corrected chi connectivity index (χ4v) is 3.73. The van der Waals surface area contributed by atoms with Gasteiger partial charge in [0, 0.05) is 31.9 Å². The number of rotatable bonds is 4. The molecular formula is C19H23N3O4S. The van der Waals surface area contributed by atoms with Crippen LogP contribution < -0.4 is 14.8 Å². The number of sulfonamides is 1. The van der Waals surface area contributed by atoms with Crippen molar-refractivity contribution in [3.05, 3.63) is 53.6 Å². The highest BCUT2D eigenvalue weighted by Gasteiger charge is 2.25. The second kappa shape index (κ2) is 7.58. The van der Waals surface area contributed by atoms with Crippen LogP contribution in [0.5, 0.6) is 5.75 Å². The number of benzene rings is 2. The monoisotopic (exact) mass is 389 g/mol. The van der Waals surface area contributed by atoms with Crippen LogP contribution in [-0.4, -0.2) is 52.5 Å². The van der Waals surface area contributed by atoms with Crippen molar-refractivity contribution in [1.82, 2.24) is 4.90 Å². The van der Waals surface area contributed by atoms with Crippen LogP contribution >= 0.6 is 0 Å². The highest BCUT2D eigenvalue weighted by atomic mass is 32.2. The van der Waals surface area contributed by atoms with E-state index in [0.29, 0.717) is 31.9 Å². The second-order valence-electron chi connectivity index (χ2n) is 6.53. The third-order valence-electron chi connectivity index (χ3n) is 4.66. The maximum absolute atomic E-state index is 12.9. The summed E-state index contributed by atoms with van der Waals surface area (Å²) in [5.74, 6) is 0.0646. The molecule has 0 aliphatic carbocycles. The standard InChI is InChI=1S/C19H23N3O4S/c1-14-4-3-5-15(12-14)21-8-10-22(11-9-21)19(23)17-13-16(27(20,24)25)6-7-18(17)26-2/h3-7,12-13H,8-11H2,1-2H3,(H2,20,24,25). The zero-order valence-corrected chi connectivity index (χ0v) is 16.2. The number of ether oxygens (including phenoxy) is 1. The minimum Gasteiger partial charge on any atom is -0.496 e. The predicted molar refractivity (Wildman–Crippen MR) is 104 cm³/mol. The van der Waals surface area contributed by atoms with E-state index in [1.54, 1.807) is 4.90 Å². The molecule has 0 radical (unpaired) electrons. The van der Waals surface area contributed by atoms with Crippen LogP contribution in [0.2, 0.25) is 0 Å². The van der Waals surface area contributed by atoms with E-state index in [9.17, 15) is 13.2 Å². The molecule has 3 rings (SSSR count). The molecule has 0 unspecified atom stereocenters. The number of nitrogens with zero attached hydrogens (tertiary/aromatic N) is 2. The zero-order valence-electron chi connectivity index (χ0n) is 15.4. The maximum Gasteiger partial charge on any atom is 0.257 e. The first-order valence-corrected chi connectivity index (χ1v) is 10.2. The lowest BCUT2D eigenvalue weighted by Crippen LogP contribution is -2.48. The molecule has 0 atom stereocenters. The third kappa shape index (κ3) is 4.23. The predicted octanol–water partition coefficient (Wildman–Crippen LogP) is 1.61. The lowest BCUT2D eigenvalue weighted by molar-refractivity contribution is 0.0743. The van der Waals surface area contributed by atoms with Gasteiger partial charge in [-0.25, -0.2) is 13.6 Å². The van der Waals surface area contributed by atoms with E-state index in [-0.39, 0.29) is 16.4 Å². The molecule has 7 nitrogen and oxygen atoms in total. The number of piperazine rings is 1. The molecular weight excluding hydrogens is 366 g/mol. The maximum atomic E-state index is 12.9. The number of nitrogens with two attached hydrogens (primary N) is 1. The SMILES string of the molecule is COc1ccc(S(N)(=O)=O)cc1C(=O)N1CCN(c2cccc(C)c2)CC1. The average Bonchev–Trinajstić information content (AvgIpc) is 2.66. The summed E-state index contributed by atoms with van der Waals surface area (Å²) in [5, 5.41) is 5.19. The fourth-order valence-electron chi connectivity index (χ4n) is 3.19. The van der Waals surface area contributed by atoms with Crippen LogP contribution in [-0.2, 0) is 10.0 Å². The molecule has 0 bridgehead atoms. The van der Waals surface area contributed by atoms with E-state index in [2.05, 4.69) is 17.0 Å². The Morgan fingerprint density at radius 3 is 2.37 bits per heavy atom. The summed E-state index contributed by atoms with van der Waals surface area (Å²) in [5.41, 5.74) is 2.53. The average molecular weight is 389 g/mol. The van der Waals surface area contributed by atoms with Gasteiger partial charge < -0.3 is 14.5 Å². The van der Waals surface area contributed by atoms with Crippen molar-refractivity contribution in [1.29, 1.82) is 0 Å². The molecule has 0 saturated carbocycles. The zero-order chi connectivity index (χ0) is 19.6. The summed E-state index contributed by atoms with van der Waals surface area (Å²) in [6.45, 7) is 4.53. The second-order valence-corrected chi connectivity index (χ2v) is 8.09. The number of amides is 1. The number of hydrogen-bond donors (Lipinski definition) is 1. The van der Waals surface area contributed by atoms with Gasteiger partial charge >= 0.3 is 0 Å².